The number of hydrogen-bond acceptors (Lipinski definition) is 5. The molecule has 2 unspecified atom stereocenters. The molecule has 0 fully saturated rings. The lowest BCUT2D eigenvalue weighted by molar-refractivity contribution is -0.127. The van der Waals surface area contributed by atoms with Crippen molar-refractivity contribution < 1.29 is 19.5 Å². The zero-order valence-electron chi connectivity index (χ0n) is 11.2. The number of amides is 3. The molecule has 1 aliphatic rings. The monoisotopic (exact) mass is 287 g/mol. The Morgan fingerprint density at radius 1 is 1.38 bits per heavy atom. The predicted molar refractivity (Wildman–Crippen MR) is 70.7 cm³/mol. The fourth-order valence-electron chi connectivity index (χ4n) is 2.30. The highest BCUT2D eigenvalue weighted by molar-refractivity contribution is 6.21. The van der Waals surface area contributed by atoms with E-state index in [4.69, 9.17) is 11.0 Å². The molecule has 3 amide bonds. The van der Waals surface area contributed by atoms with E-state index < -0.39 is 35.8 Å². The van der Waals surface area contributed by atoms with Gasteiger partial charge in [-0.2, -0.15) is 5.26 Å². The van der Waals surface area contributed by atoms with Crippen molar-refractivity contribution in [3.05, 3.63) is 35.4 Å². The van der Waals surface area contributed by atoms with Crippen LogP contribution in [0.4, 0.5) is 0 Å². The molecule has 21 heavy (non-hydrogen) atoms. The molecule has 1 aromatic rings. The largest absolute Gasteiger partial charge is 0.386 e. The van der Waals surface area contributed by atoms with E-state index in [0.717, 1.165) is 4.90 Å². The average Bonchev–Trinajstić information content (AvgIpc) is 2.64. The maximum absolute atomic E-state index is 12.2. The van der Waals surface area contributed by atoms with Crippen molar-refractivity contribution >= 4 is 17.7 Å². The lowest BCUT2D eigenvalue weighted by Gasteiger charge is -2.29. The second-order valence-corrected chi connectivity index (χ2v) is 5.06. The molecule has 7 heteroatoms. The number of aliphatic hydroxyl groups is 1. The average molecular weight is 287 g/mol. The number of nitrogens with two attached hydrogens (primary N) is 1. The molecular formula is C14H13N3O4. The van der Waals surface area contributed by atoms with Crippen molar-refractivity contribution in [3.8, 4) is 6.07 Å². The van der Waals surface area contributed by atoms with Gasteiger partial charge in [-0.05, 0) is 19.1 Å². The summed E-state index contributed by atoms with van der Waals surface area (Å²) in [7, 11) is 0. The summed E-state index contributed by atoms with van der Waals surface area (Å²) in [6.07, 6.45) is 0. The maximum Gasteiger partial charge on any atom is 0.261 e. The van der Waals surface area contributed by atoms with E-state index in [2.05, 4.69) is 0 Å². The number of rotatable bonds is 4. The Bertz CT molecular complexity index is 640. The summed E-state index contributed by atoms with van der Waals surface area (Å²) < 4.78 is 0. The van der Waals surface area contributed by atoms with E-state index in [1.165, 1.54) is 19.1 Å². The van der Waals surface area contributed by atoms with Gasteiger partial charge in [0.1, 0.15) is 5.60 Å². The van der Waals surface area contributed by atoms with Gasteiger partial charge in [-0.25, -0.2) is 0 Å². The number of nitriles is 1. The molecule has 0 aromatic heterocycles. The van der Waals surface area contributed by atoms with Gasteiger partial charge in [0, 0.05) is 0 Å². The van der Waals surface area contributed by atoms with E-state index in [-0.39, 0.29) is 11.1 Å². The SMILES string of the molecule is CC(O)(CN1C(=O)c2ccccc2C1=O)C(C#N)C(N)=O. The Balaban J connectivity index is 2.30. The van der Waals surface area contributed by atoms with Gasteiger partial charge in [0.25, 0.3) is 11.8 Å². The Kier molecular flexibility index (Phi) is 3.49. The Hall–Kier alpha value is -2.72. The van der Waals surface area contributed by atoms with Crippen molar-refractivity contribution in [2.75, 3.05) is 6.54 Å². The normalized spacial score (nSPS) is 17.9. The molecule has 0 spiro atoms. The van der Waals surface area contributed by atoms with Crippen LogP contribution in [0.3, 0.4) is 0 Å². The smallest absolute Gasteiger partial charge is 0.261 e. The van der Waals surface area contributed by atoms with Crippen LogP contribution < -0.4 is 5.73 Å². The third-order valence-electron chi connectivity index (χ3n) is 3.39. The van der Waals surface area contributed by atoms with Crippen LogP contribution in [0, 0.1) is 17.2 Å². The molecule has 1 aliphatic heterocycles. The highest BCUT2D eigenvalue weighted by Gasteiger charge is 2.44. The molecule has 108 valence electrons. The summed E-state index contributed by atoms with van der Waals surface area (Å²) in [4.78, 5) is 36.3. The van der Waals surface area contributed by atoms with Crippen LogP contribution in [-0.4, -0.2) is 39.9 Å². The number of β-amino-alcohol motifs (C(OH)–C–C–N with tert-alkyl or cyclic N) is 1. The zero-order valence-corrected chi connectivity index (χ0v) is 11.2. The van der Waals surface area contributed by atoms with Gasteiger partial charge in [0.15, 0.2) is 5.92 Å². The van der Waals surface area contributed by atoms with Crippen molar-refractivity contribution in [2.24, 2.45) is 11.7 Å². The fourth-order valence-corrected chi connectivity index (χ4v) is 2.30. The quantitative estimate of drug-likeness (QED) is 0.733. The molecule has 1 aromatic carbocycles. The van der Waals surface area contributed by atoms with E-state index >= 15 is 0 Å². The van der Waals surface area contributed by atoms with Gasteiger partial charge in [-0.3, -0.25) is 19.3 Å². The Morgan fingerprint density at radius 2 is 1.86 bits per heavy atom. The first-order valence-electron chi connectivity index (χ1n) is 6.16. The lowest BCUT2D eigenvalue weighted by Crippen LogP contribution is -2.51. The highest BCUT2D eigenvalue weighted by atomic mass is 16.3. The lowest BCUT2D eigenvalue weighted by atomic mass is 9.89. The Labute approximate surface area is 120 Å². The summed E-state index contributed by atoms with van der Waals surface area (Å²) in [5.74, 6) is -3.69. The number of hydrogen-bond donors (Lipinski definition) is 2. The first-order valence-corrected chi connectivity index (χ1v) is 6.16. The molecule has 0 aliphatic carbocycles. The van der Waals surface area contributed by atoms with Crippen LogP contribution in [0.5, 0.6) is 0 Å². The number of carbonyl (C=O) groups is 3. The van der Waals surface area contributed by atoms with Gasteiger partial charge in [-0.1, -0.05) is 12.1 Å². The third kappa shape index (κ3) is 2.37. The highest BCUT2D eigenvalue weighted by Crippen LogP contribution is 2.26. The molecule has 1 heterocycles. The first kappa shape index (κ1) is 14.7. The van der Waals surface area contributed by atoms with Crippen LogP contribution in [-0.2, 0) is 4.79 Å². The number of fused-ring (bicyclic) bond motifs is 1. The second kappa shape index (κ2) is 5.00. The predicted octanol–water partition coefficient (Wildman–Crippen LogP) is -0.341. The third-order valence-corrected chi connectivity index (χ3v) is 3.39. The van der Waals surface area contributed by atoms with Crippen molar-refractivity contribution in [3.63, 3.8) is 0 Å². The Morgan fingerprint density at radius 3 is 2.24 bits per heavy atom. The molecule has 3 N–H and O–H groups in total. The standard InChI is InChI=1S/C14H13N3O4/c1-14(21,10(6-15)11(16)18)7-17-12(19)8-4-2-3-5-9(8)13(17)20/h2-5,10,21H,7H2,1H3,(H2,16,18). The minimum absolute atomic E-state index is 0.228. The van der Waals surface area contributed by atoms with Crippen LogP contribution in [0.25, 0.3) is 0 Å². The molecule has 0 saturated carbocycles. The number of primary amides is 1. The van der Waals surface area contributed by atoms with Crippen molar-refractivity contribution in [1.82, 2.24) is 4.90 Å². The van der Waals surface area contributed by atoms with E-state index in [9.17, 15) is 19.5 Å². The summed E-state index contributed by atoms with van der Waals surface area (Å²) in [5, 5.41) is 19.2. The molecule has 2 atom stereocenters. The van der Waals surface area contributed by atoms with Gasteiger partial charge >= 0.3 is 0 Å². The number of carbonyl (C=O) groups excluding carboxylic acids is 3. The van der Waals surface area contributed by atoms with Crippen LogP contribution in [0.2, 0.25) is 0 Å². The van der Waals surface area contributed by atoms with Crippen molar-refractivity contribution in [2.45, 2.75) is 12.5 Å². The molecule has 0 saturated heterocycles. The summed E-state index contributed by atoms with van der Waals surface area (Å²) in [6.45, 7) is 0.704. The van der Waals surface area contributed by atoms with Crippen LogP contribution in [0.1, 0.15) is 27.6 Å². The number of imide groups is 1. The van der Waals surface area contributed by atoms with Gasteiger partial charge < -0.3 is 10.8 Å². The minimum Gasteiger partial charge on any atom is -0.386 e. The topological polar surface area (TPSA) is 124 Å². The number of nitrogens with zero attached hydrogens (tertiary/aromatic N) is 2. The first-order chi connectivity index (χ1) is 9.79. The van der Waals surface area contributed by atoms with Crippen molar-refractivity contribution in [1.29, 1.82) is 5.26 Å². The van der Waals surface area contributed by atoms with Gasteiger partial charge in [0.05, 0.1) is 23.7 Å². The molecular weight excluding hydrogens is 274 g/mol. The van der Waals surface area contributed by atoms with E-state index in [0.29, 0.717) is 0 Å². The number of benzene rings is 1. The van der Waals surface area contributed by atoms with Crippen LogP contribution >= 0.6 is 0 Å². The van der Waals surface area contributed by atoms with Crippen LogP contribution in [0.15, 0.2) is 24.3 Å². The minimum atomic E-state index is -1.92. The molecule has 0 bridgehead atoms. The molecule has 7 nitrogen and oxygen atoms in total. The molecule has 2 rings (SSSR count). The maximum atomic E-state index is 12.2. The summed E-state index contributed by atoms with van der Waals surface area (Å²) >= 11 is 0. The van der Waals surface area contributed by atoms with E-state index in [1.807, 2.05) is 0 Å². The summed E-state index contributed by atoms with van der Waals surface area (Å²) in [5.41, 5.74) is 3.58. The zero-order chi connectivity index (χ0) is 15.8. The van der Waals surface area contributed by atoms with Gasteiger partial charge in [0.2, 0.25) is 5.91 Å². The second-order valence-electron chi connectivity index (χ2n) is 5.06. The summed E-state index contributed by atoms with van der Waals surface area (Å²) in [6, 6.07) is 7.83. The molecule has 0 radical (unpaired) electrons. The fraction of sp³-hybridized carbons (Fsp3) is 0.286. The van der Waals surface area contributed by atoms with Gasteiger partial charge in [-0.15, -0.1) is 0 Å². The van der Waals surface area contributed by atoms with E-state index in [1.54, 1.807) is 18.2 Å².